The van der Waals surface area contributed by atoms with E-state index in [1.54, 1.807) is 0 Å². The molecule has 0 bridgehead atoms. The maximum absolute atomic E-state index is 8.97. The van der Waals surface area contributed by atoms with Gasteiger partial charge in [-0.2, -0.15) is 0 Å². The van der Waals surface area contributed by atoms with Crippen molar-refractivity contribution in [3.63, 3.8) is 0 Å². The molecule has 2 aromatic heterocycles. The van der Waals surface area contributed by atoms with Crippen LogP contribution in [0.2, 0.25) is 0 Å². The Kier molecular flexibility index (Phi) is 2.64. The van der Waals surface area contributed by atoms with Crippen molar-refractivity contribution in [1.29, 1.82) is 0 Å². The van der Waals surface area contributed by atoms with Gasteiger partial charge in [0.2, 0.25) is 0 Å². The van der Waals surface area contributed by atoms with Gasteiger partial charge in [0.25, 0.3) is 0 Å². The summed E-state index contributed by atoms with van der Waals surface area (Å²) in [7, 11) is 2.59. The average Bonchev–Trinajstić information content (AvgIpc) is 2.72. The summed E-state index contributed by atoms with van der Waals surface area (Å²) in [6.07, 6.45) is 2.50. The monoisotopic (exact) mass is 230 g/mol. The summed E-state index contributed by atoms with van der Waals surface area (Å²) < 4.78 is 9.96. The highest BCUT2D eigenvalue weighted by Crippen LogP contribution is 2.40. The van der Waals surface area contributed by atoms with Crippen LogP contribution < -0.4 is 0 Å². The van der Waals surface area contributed by atoms with E-state index in [0.717, 1.165) is 0 Å². The first-order chi connectivity index (χ1) is 6.74. The number of aromatic hydroxyl groups is 2. The molecule has 2 rings (SSSR count). The molecule has 0 atom stereocenters. The molecule has 6 heteroatoms. The highest BCUT2D eigenvalue weighted by atomic mass is 33.1. The topological polar surface area (TPSA) is 66.7 Å². The third kappa shape index (κ3) is 2.21. The van der Waals surface area contributed by atoms with Crippen molar-refractivity contribution in [3.05, 3.63) is 24.7 Å². The molecule has 0 fully saturated rings. The van der Waals surface area contributed by atoms with Gasteiger partial charge in [0.15, 0.2) is 21.7 Å². The molecule has 0 saturated heterocycles. The second-order valence-corrected chi connectivity index (χ2v) is 4.55. The first-order valence-corrected chi connectivity index (χ1v) is 5.78. The predicted molar refractivity (Wildman–Crippen MR) is 52.5 cm³/mol. The van der Waals surface area contributed by atoms with Crippen LogP contribution in [-0.4, -0.2) is 10.2 Å². The fraction of sp³-hybridized carbons (Fsp3) is 0. The van der Waals surface area contributed by atoms with E-state index in [1.807, 2.05) is 0 Å². The van der Waals surface area contributed by atoms with E-state index in [2.05, 4.69) is 0 Å². The molecule has 0 aromatic carbocycles. The lowest BCUT2D eigenvalue weighted by molar-refractivity contribution is 0.439. The zero-order valence-corrected chi connectivity index (χ0v) is 8.47. The normalized spacial score (nSPS) is 10.6. The molecular weight excluding hydrogens is 224 g/mol. The molecule has 0 aliphatic heterocycles. The van der Waals surface area contributed by atoms with Crippen molar-refractivity contribution in [3.8, 4) is 11.5 Å². The molecule has 0 unspecified atom stereocenters. The number of furan rings is 2. The third-order valence-corrected chi connectivity index (χ3v) is 3.40. The molecule has 0 aliphatic carbocycles. The maximum Gasteiger partial charge on any atom is 0.174 e. The molecule has 2 heterocycles. The lowest BCUT2D eigenvalue weighted by Crippen LogP contribution is -1.57. The van der Waals surface area contributed by atoms with Crippen LogP contribution in [0.1, 0.15) is 0 Å². The Bertz CT molecular complexity index is 380. The van der Waals surface area contributed by atoms with Crippen LogP contribution in [0.4, 0.5) is 0 Å². The van der Waals surface area contributed by atoms with Gasteiger partial charge < -0.3 is 19.0 Å². The van der Waals surface area contributed by atoms with Gasteiger partial charge in [-0.3, -0.25) is 0 Å². The van der Waals surface area contributed by atoms with Crippen LogP contribution in [0.5, 0.6) is 11.5 Å². The minimum atomic E-state index is 0.0930. The Morgan fingerprint density at radius 2 is 1.29 bits per heavy atom. The summed E-state index contributed by atoms with van der Waals surface area (Å²) >= 11 is 0. The van der Waals surface area contributed by atoms with Gasteiger partial charge in [-0.25, -0.2) is 0 Å². The molecule has 2 N–H and O–H groups in total. The van der Waals surface area contributed by atoms with Gasteiger partial charge in [0.05, 0.1) is 0 Å². The summed E-state index contributed by atoms with van der Waals surface area (Å²) in [4.78, 5) is 0. The van der Waals surface area contributed by atoms with E-state index >= 15 is 0 Å². The van der Waals surface area contributed by atoms with Crippen molar-refractivity contribution < 1.29 is 19.0 Å². The Hall–Kier alpha value is -1.14. The third-order valence-electron chi connectivity index (χ3n) is 1.33. The second-order valence-electron chi connectivity index (χ2n) is 2.41. The van der Waals surface area contributed by atoms with E-state index in [1.165, 1.54) is 46.2 Å². The highest BCUT2D eigenvalue weighted by Gasteiger charge is 2.05. The largest absolute Gasteiger partial charge is 0.505 e. The summed E-state index contributed by atoms with van der Waals surface area (Å²) in [6, 6.07) is 3.00. The molecular formula is C8H6O4S2. The molecule has 0 aliphatic rings. The lowest BCUT2D eigenvalue weighted by atomic mass is 10.6. The van der Waals surface area contributed by atoms with Gasteiger partial charge in [0.1, 0.15) is 12.5 Å². The number of rotatable bonds is 3. The summed E-state index contributed by atoms with van der Waals surface area (Å²) in [6.45, 7) is 0. The number of hydrogen-bond acceptors (Lipinski definition) is 6. The standard InChI is InChI=1S/C8H6O4S2/c9-5-1-7(11-3-5)13-14-8-2-6(10)4-12-8/h1-4,9-10H. The number of hydrogen-bond donors (Lipinski definition) is 2. The van der Waals surface area contributed by atoms with E-state index in [9.17, 15) is 0 Å². The smallest absolute Gasteiger partial charge is 0.174 e. The van der Waals surface area contributed by atoms with Gasteiger partial charge in [-0.1, -0.05) is 0 Å². The lowest BCUT2D eigenvalue weighted by Gasteiger charge is -1.90. The molecule has 0 radical (unpaired) electrons. The van der Waals surface area contributed by atoms with Crippen molar-refractivity contribution in [2.24, 2.45) is 0 Å². The van der Waals surface area contributed by atoms with Crippen molar-refractivity contribution in [1.82, 2.24) is 0 Å². The Morgan fingerprint density at radius 1 is 0.857 bits per heavy atom. The van der Waals surface area contributed by atoms with E-state index in [4.69, 9.17) is 19.0 Å². The van der Waals surface area contributed by atoms with Gasteiger partial charge in [-0.15, -0.1) is 0 Å². The minimum Gasteiger partial charge on any atom is -0.505 e. The minimum absolute atomic E-state index is 0.0930. The molecule has 0 amide bonds. The molecule has 4 nitrogen and oxygen atoms in total. The van der Waals surface area contributed by atoms with E-state index in [0.29, 0.717) is 10.2 Å². The SMILES string of the molecule is Oc1coc(SSc2cc(O)co2)c1. The quantitative estimate of drug-likeness (QED) is 0.790. The van der Waals surface area contributed by atoms with Crippen LogP contribution in [0, 0.1) is 0 Å². The summed E-state index contributed by atoms with van der Waals surface area (Å²) in [5, 5.41) is 19.1. The molecule has 0 spiro atoms. The fourth-order valence-electron chi connectivity index (χ4n) is 0.784. The maximum atomic E-state index is 8.97. The van der Waals surface area contributed by atoms with Gasteiger partial charge in [0, 0.05) is 12.1 Å². The van der Waals surface area contributed by atoms with Crippen LogP contribution >= 0.6 is 21.6 Å². The highest BCUT2D eigenvalue weighted by molar-refractivity contribution is 8.76. The molecule has 14 heavy (non-hydrogen) atoms. The zero-order valence-electron chi connectivity index (χ0n) is 6.84. The van der Waals surface area contributed by atoms with Crippen LogP contribution in [0.3, 0.4) is 0 Å². The molecule has 74 valence electrons. The average molecular weight is 230 g/mol. The van der Waals surface area contributed by atoms with Crippen molar-refractivity contribution in [2.45, 2.75) is 10.2 Å². The predicted octanol–water partition coefficient (Wildman–Crippen LogP) is 3.08. The van der Waals surface area contributed by atoms with Crippen LogP contribution in [0.15, 0.2) is 43.7 Å². The van der Waals surface area contributed by atoms with E-state index in [-0.39, 0.29) is 11.5 Å². The van der Waals surface area contributed by atoms with Crippen molar-refractivity contribution >= 4 is 21.6 Å². The molecule has 2 aromatic rings. The Labute approximate surface area is 87.3 Å². The van der Waals surface area contributed by atoms with Crippen molar-refractivity contribution in [2.75, 3.05) is 0 Å². The first-order valence-electron chi connectivity index (χ1n) is 3.63. The van der Waals surface area contributed by atoms with Gasteiger partial charge in [-0.05, 0) is 21.6 Å². The Morgan fingerprint density at radius 3 is 1.57 bits per heavy atom. The zero-order chi connectivity index (χ0) is 9.97. The second kappa shape index (κ2) is 3.93. The van der Waals surface area contributed by atoms with Crippen LogP contribution in [0.25, 0.3) is 0 Å². The molecule has 0 saturated carbocycles. The van der Waals surface area contributed by atoms with Crippen LogP contribution in [-0.2, 0) is 0 Å². The fourth-order valence-corrected chi connectivity index (χ4v) is 2.48. The first kappa shape index (κ1) is 9.42. The summed E-state index contributed by atoms with van der Waals surface area (Å²) in [5.74, 6) is 0.186. The van der Waals surface area contributed by atoms with Gasteiger partial charge >= 0.3 is 0 Å². The Balaban J connectivity index is 1.94. The van der Waals surface area contributed by atoms with E-state index < -0.39 is 0 Å². The summed E-state index contributed by atoms with van der Waals surface area (Å²) in [5.41, 5.74) is 0.